The minimum absolute atomic E-state index is 0.129. The van der Waals surface area contributed by atoms with Crippen LogP contribution in [0, 0.1) is 0 Å². The molecule has 11 nitrogen and oxygen atoms in total. The fourth-order valence-electron chi connectivity index (χ4n) is 2.42. The van der Waals surface area contributed by atoms with Crippen molar-refractivity contribution in [2.24, 2.45) is 0 Å². The second-order valence-electron chi connectivity index (χ2n) is 4.82. The Labute approximate surface area is 126 Å². The van der Waals surface area contributed by atoms with Gasteiger partial charge in [-0.25, -0.2) is 10.3 Å². The van der Waals surface area contributed by atoms with Crippen molar-refractivity contribution < 1.29 is 36.4 Å². The number of carbonyl (C=O) groups excluding carboxylic acids is 2. The summed E-state index contributed by atoms with van der Waals surface area (Å²) in [5, 5.41) is 0.578. The van der Waals surface area contributed by atoms with Gasteiger partial charge in [-0.05, 0) is 12.8 Å². The molecule has 2 saturated heterocycles. The van der Waals surface area contributed by atoms with Crippen LogP contribution in [0.5, 0.6) is 0 Å². The molecule has 126 valence electrons. The zero-order valence-corrected chi connectivity index (χ0v) is 12.6. The predicted molar refractivity (Wildman–Crippen MR) is 69.4 cm³/mol. The maximum absolute atomic E-state index is 12.1. The zero-order chi connectivity index (χ0) is 16.3. The third kappa shape index (κ3) is 3.84. The van der Waals surface area contributed by atoms with Crippen molar-refractivity contribution in [1.82, 2.24) is 15.4 Å². The van der Waals surface area contributed by atoms with Crippen molar-refractivity contribution in [2.75, 3.05) is 26.9 Å². The van der Waals surface area contributed by atoms with Crippen LogP contribution in [0.2, 0.25) is 0 Å². The Hall–Kier alpha value is -1.47. The van der Waals surface area contributed by atoms with Crippen LogP contribution in [0.3, 0.4) is 0 Å². The summed E-state index contributed by atoms with van der Waals surface area (Å²) in [5.41, 5.74) is 2.21. The number of rotatable bonds is 7. The molecule has 0 aromatic rings. The minimum atomic E-state index is -4.80. The van der Waals surface area contributed by atoms with Gasteiger partial charge >= 0.3 is 16.4 Å². The molecule has 2 heterocycles. The van der Waals surface area contributed by atoms with E-state index in [0.29, 0.717) is 24.5 Å². The van der Waals surface area contributed by atoms with Gasteiger partial charge in [0.05, 0.1) is 19.3 Å². The maximum Gasteiger partial charge on any atom is 0.418 e. The van der Waals surface area contributed by atoms with Crippen LogP contribution in [-0.2, 0) is 29.1 Å². The van der Waals surface area contributed by atoms with Gasteiger partial charge in [0, 0.05) is 13.7 Å². The van der Waals surface area contributed by atoms with Crippen molar-refractivity contribution in [3.05, 3.63) is 0 Å². The number of fused-ring (bicyclic) bond motifs is 2. The summed E-state index contributed by atoms with van der Waals surface area (Å²) in [5.74, 6) is -0.517. The first-order chi connectivity index (χ1) is 10.3. The van der Waals surface area contributed by atoms with Gasteiger partial charge in [-0.2, -0.15) is 13.5 Å². The summed E-state index contributed by atoms with van der Waals surface area (Å²) in [6, 6.07) is -2.12. The SMILES string of the molecule is COCCONC(=O)[C@@H]1CC[C@@H]2CN1C(=O)N2OS(=O)(=O)O. The highest BCUT2D eigenvalue weighted by molar-refractivity contribution is 7.80. The molecule has 0 unspecified atom stereocenters. The van der Waals surface area contributed by atoms with E-state index in [1.165, 1.54) is 12.0 Å². The number of ether oxygens (including phenoxy) is 1. The van der Waals surface area contributed by atoms with Gasteiger partial charge in [0.15, 0.2) is 0 Å². The molecular weight excluding hydrogens is 322 g/mol. The van der Waals surface area contributed by atoms with Crippen LogP contribution < -0.4 is 5.48 Å². The van der Waals surface area contributed by atoms with Gasteiger partial charge in [-0.3, -0.25) is 14.2 Å². The number of piperidine rings is 1. The Bertz CT molecular complexity index is 538. The molecule has 2 fully saturated rings. The number of hydrogen-bond donors (Lipinski definition) is 2. The van der Waals surface area contributed by atoms with Gasteiger partial charge in [0.25, 0.3) is 5.91 Å². The van der Waals surface area contributed by atoms with E-state index in [9.17, 15) is 18.0 Å². The fourth-order valence-corrected chi connectivity index (χ4v) is 2.81. The molecule has 0 saturated carbocycles. The highest BCUT2D eigenvalue weighted by Crippen LogP contribution is 2.30. The molecule has 0 aromatic heterocycles. The van der Waals surface area contributed by atoms with E-state index < -0.39 is 34.4 Å². The molecule has 12 heteroatoms. The molecule has 0 aliphatic carbocycles. The smallest absolute Gasteiger partial charge is 0.382 e. The lowest BCUT2D eigenvalue weighted by atomic mass is 10.0. The van der Waals surface area contributed by atoms with E-state index in [4.69, 9.17) is 14.1 Å². The number of nitrogens with one attached hydrogen (secondary N) is 1. The standard InChI is InChI=1S/C10H17N3O8S/c1-19-4-5-20-11-9(14)8-3-2-7-6-12(8)10(15)13(7)21-22(16,17)18/h7-8H,2-6H2,1H3,(H,11,14)(H,16,17,18)/t7-,8+/m1/s1. The first-order valence-corrected chi connectivity index (χ1v) is 7.87. The summed E-state index contributed by atoms with van der Waals surface area (Å²) in [6.45, 7) is 0.583. The minimum Gasteiger partial charge on any atom is -0.382 e. The van der Waals surface area contributed by atoms with Crippen molar-refractivity contribution in [1.29, 1.82) is 0 Å². The van der Waals surface area contributed by atoms with Crippen LogP contribution in [0.25, 0.3) is 0 Å². The normalized spacial score (nSPS) is 24.7. The fraction of sp³-hybridized carbons (Fsp3) is 0.800. The van der Waals surface area contributed by atoms with Gasteiger partial charge in [-0.15, -0.1) is 4.28 Å². The van der Waals surface area contributed by atoms with E-state index >= 15 is 0 Å². The second kappa shape index (κ2) is 6.75. The summed E-state index contributed by atoms with van der Waals surface area (Å²) >= 11 is 0. The Morgan fingerprint density at radius 3 is 2.77 bits per heavy atom. The van der Waals surface area contributed by atoms with E-state index in [2.05, 4.69) is 9.76 Å². The maximum atomic E-state index is 12.1. The van der Waals surface area contributed by atoms with Crippen LogP contribution >= 0.6 is 0 Å². The number of nitrogens with zero attached hydrogens (tertiary/aromatic N) is 2. The number of amides is 3. The molecule has 0 spiro atoms. The lowest BCUT2D eigenvalue weighted by Crippen LogP contribution is -2.49. The summed E-state index contributed by atoms with van der Waals surface area (Å²) in [7, 11) is -3.31. The van der Waals surface area contributed by atoms with Gasteiger partial charge in [0.1, 0.15) is 6.04 Å². The van der Waals surface area contributed by atoms with Crippen LogP contribution in [0.4, 0.5) is 4.79 Å². The number of urea groups is 1. The van der Waals surface area contributed by atoms with Crippen LogP contribution in [0.1, 0.15) is 12.8 Å². The highest BCUT2D eigenvalue weighted by Gasteiger charge is 2.49. The lowest BCUT2D eigenvalue weighted by Gasteiger charge is -2.28. The molecule has 2 N–H and O–H groups in total. The Kier molecular flexibility index (Phi) is 5.18. The third-order valence-electron chi connectivity index (χ3n) is 3.36. The van der Waals surface area contributed by atoms with Gasteiger partial charge in [0.2, 0.25) is 0 Å². The van der Waals surface area contributed by atoms with Gasteiger partial charge < -0.3 is 9.64 Å². The largest absolute Gasteiger partial charge is 0.418 e. The molecule has 2 bridgehead atoms. The first kappa shape index (κ1) is 16.9. The van der Waals surface area contributed by atoms with E-state index in [0.717, 1.165) is 0 Å². The summed E-state index contributed by atoms with van der Waals surface area (Å²) in [6.07, 6.45) is 0.676. The van der Waals surface area contributed by atoms with Crippen LogP contribution in [0.15, 0.2) is 0 Å². The molecule has 0 radical (unpaired) electrons. The summed E-state index contributed by atoms with van der Waals surface area (Å²) < 4.78 is 39.2. The number of hydroxylamine groups is 3. The lowest BCUT2D eigenvalue weighted by molar-refractivity contribution is -0.139. The van der Waals surface area contributed by atoms with Crippen molar-refractivity contribution in [3.63, 3.8) is 0 Å². The molecule has 2 rings (SSSR count). The number of hydrogen-bond acceptors (Lipinski definition) is 7. The van der Waals surface area contributed by atoms with E-state index in [-0.39, 0.29) is 13.2 Å². The van der Waals surface area contributed by atoms with Crippen LogP contribution in [-0.4, -0.2) is 73.8 Å². The molecule has 0 aromatic carbocycles. The number of methoxy groups -OCH3 is 1. The van der Waals surface area contributed by atoms with E-state index in [1.54, 1.807) is 0 Å². The van der Waals surface area contributed by atoms with E-state index in [1.807, 2.05) is 0 Å². The molecule has 3 amide bonds. The second-order valence-corrected chi connectivity index (χ2v) is 5.82. The monoisotopic (exact) mass is 339 g/mol. The average Bonchev–Trinajstić information content (AvgIpc) is 2.67. The quantitative estimate of drug-likeness (QED) is 0.331. The number of carbonyl (C=O) groups is 2. The highest BCUT2D eigenvalue weighted by atomic mass is 32.3. The molecule has 22 heavy (non-hydrogen) atoms. The third-order valence-corrected chi connectivity index (χ3v) is 3.71. The summed E-state index contributed by atoms with van der Waals surface area (Å²) in [4.78, 5) is 30.1. The molecule has 2 atom stereocenters. The predicted octanol–water partition coefficient (Wildman–Crippen LogP) is -1.32. The Balaban J connectivity index is 1.95. The average molecular weight is 339 g/mol. The molecule has 2 aliphatic heterocycles. The Morgan fingerprint density at radius 2 is 2.14 bits per heavy atom. The van der Waals surface area contributed by atoms with Gasteiger partial charge in [-0.1, -0.05) is 0 Å². The molecular formula is C10H17N3O8S. The first-order valence-electron chi connectivity index (χ1n) is 6.51. The zero-order valence-electron chi connectivity index (χ0n) is 11.8. The van der Waals surface area contributed by atoms with Crippen molar-refractivity contribution >= 4 is 22.3 Å². The molecule has 2 aliphatic rings. The van der Waals surface area contributed by atoms with Crippen molar-refractivity contribution in [3.8, 4) is 0 Å². The Morgan fingerprint density at radius 1 is 1.41 bits per heavy atom. The van der Waals surface area contributed by atoms with Crippen molar-refractivity contribution in [2.45, 2.75) is 24.9 Å². The topological polar surface area (TPSA) is 135 Å².